The van der Waals surface area contributed by atoms with Gasteiger partial charge in [-0.05, 0) is 62.2 Å². The molecule has 0 bridgehead atoms. The van der Waals surface area contributed by atoms with E-state index in [0.717, 1.165) is 22.5 Å². The minimum Gasteiger partial charge on any atom is -0.497 e. The molecule has 0 aliphatic carbocycles. The number of carbonyl (C=O) groups is 2. The Morgan fingerprint density at radius 3 is 2.32 bits per heavy atom. The molecule has 0 heterocycles. The van der Waals surface area contributed by atoms with Gasteiger partial charge in [0.2, 0.25) is 21.8 Å². The highest BCUT2D eigenvalue weighted by Gasteiger charge is 2.30. The monoisotopic (exact) mass is 509 g/mol. The Bertz CT molecular complexity index is 1090. The molecule has 0 fully saturated rings. The van der Waals surface area contributed by atoms with Crippen molar-refractivity contribution in [1.82, 2.24) is 10.2 Å². The first kappa shape index (κ1) is 27.5. The summed E-state index contributed by atoms with van der Waals surface area (Å²) < 4.78 is 31.3. The summed E-state index contributed by atoms with van der Waals surface area (Å²) in [6.07, 6.45) is 1.76. The molecule has 34 heavy (non-hydrogen) atoms. The number of hydrogen-bond acceptors (Lipinski definition) is 5. The van der Waals surface area contributed by atoms with E-state index in [4.69, 9.17) is 16.3 Å². The number of anilines is 1. The van der Waals surface area contributed by atoms with Crippen molar-refractivity contribution in [2.75, 3.05) is 24.2 Å². The minimum atomic E-state index is -3.79. The molecule has 0 saturated heterocycles. The third-order valence-electron chi connectivity index (χ3n) is 5.45. The molecule has 0 unspecified atom stereocenters. The standard InChI is InChI=1S/C24H32ClN3O5S/c1-6-17(2)26-24(30)18(3)27(15-19-8-7-9-22(14-19)33-4)23(29)16-28(34(5,31)32)21-12-10-20(25)11-13-21/h7-14,17-18H,6,15-16H2,1-5H3,(H,26,30)/t17-,18+/m0/s1. The van der Waals surface area contributed by atoms with E-state index in [9.17, 15) is 18.0 Å². The Morgan fingerprint density at radius 1 is 1.12 bits per heavy atom. The summed E-state index contributed by atoms with van der Waals surface area (Å²) in [6, 6.07) is 12.4. The lowest BCUT2D eigenvalue weighted by Gasteiger charge is -2.32. The van der Waals surface area contributed by atoms with E-state index in [2.05, 4.69) is 5.32 Å². The summed E-state index contributed by atoms with van der Waals surface area (Å²) in [5.41, 5.74) is 1.05. The van der Waals surface area contributed by atoms with Gasteiger partial charge in [0.1, 0.15) is 18.3 Å². The van der Waals surface area contributed by atoms with E-state index in [-0.39, 0.29) is 18.5 Å². The maximum atomic E-state index is 13.5. The molecule has 0 saturated carbocycles. The average molecular weight is 510 g/mol. The third-order valence-corrected chi connectivity index (χ3v) is 6.84. The summed E-state index contributed by atoms with van der Waals surface area (Å²) in [6.45, 7) is 5.09. The van der Waals surface area contributed by atoms with E-state index in [1.54, 1.807) is 44.4 Å². The second-order valence-corrected chi connectivity index (χ2v) is 10.5. The van der Waals surface area contributed by atoms with Gasteiger partial charge in [-0.3, -0.25) is 13.9 Å². The SMILES string of the molecule is CC[C@H](C)NC(=O)[C@@H](C)N(Cc1cccc(OC)c1)C(=O)CN(c1ccc(Cl)cc1)S(C)(=O)=O. The largest absolute Gasteiger partial charge is 0.497 e. The summed E-state index contributed by atoms with van der Waals surface area (Å²) in [7, 11) is -2.25. The van der Waals surface area contributed by atoms with E-state index in [1.807, 2.05) is 19.9 Å². The number of amides is 2. The Hall–Kier alpha value is -2.78. The molecule has 1 N–H and O–H groups in total. The smallest absolute Gasteiger partial charge is 0.244 e. The fraction of sp³-hybridized carbons (Fsp3) is 0.417. The topological polar surface area (TPSA) is 96.0 Å². The van der Waals surface area contributed by atoms with Gasteiger partial charge in [0.15, 0.2) is 0 Å². The lowest BCUT2D eigenvalue weighted by molar-refractivity contribution is -0.139. The summed E-state index contributed by atoms with van der Waals surface area (Å²) in [5, 5.41) is 3.33. The number of carbonyl (C=O) groups excluding carboxylic acids is 2. The number of nitrogens with zero attached hydrogens (tertiary/aromatic N) is 2. The highest BCUT2D eigenvalue weighted by atomic mass is 35.5. The zero-order valence-corrected chi connectivity index (χ0v) is 21.7. The van der Waals surface area contributed by atoms with Crippen LogP contribution in [0.1, 0.15) is 32.8 Å². The molecule has 186 valence electrons. The Labute approximate surface area is 206 Å². The lowest BCUT2D eigenvalue weighted by atomic mass is 10.1. The van der Waals surface area contributed by atoms with Crippen molar-refractivity contribution in [3.8, 4) is 5.75 Å². The predicted molar refractivity (Wildman–Crippen MR) is 135 cm³/mol. The maximum Gasteiger partial charge on any atom is 0.244 e. The lowest BCUT2D eigenvalue weighted by Crippen LogP contribution is -2.52. The molecule has 2 amide bonds. The van der Waals surface area contributed by atoms with Gasteiger partial charge in [-0.25, -0.2) is 8.42 Å². The predicted octanol–water partition coefficient (Wildman–Crippen LogP) is 3.45. The van der Waals surface area contributed by atoms with Crippen LogP contribution in [0, 0.1) is 0 Å². The van der Waals surface area contributed by atoms with Crippen LogP contribution in [0.4, 0.5) is 5.69 Å². The van der Waals surface area contributed by atoms with Crippen molar-refractivity contribution in [2.45, 2.75) is 45.8 Å². The fourth-order valence-electron chi connectivity index (χ4n) is 3.24. The van der Waals surface area contributed by atoms with Gasteiger partial charge in [-0.2, -0.15) is 0 Å². The normalized spacial score (nSPS) is 13.0. The number of rotatable bonds is 11. The third kappa shape index (κ3) is 7.63. The van der Waals surface area contributed by atoms with Crippen molar-refractivity contribution in [3.05, 3.63) is 59.1 Å². The van der Waals surface area contributed by atoms with Crippen molar-refractivity contribution >= 4 is 39.1 Å². The first-order valence-corrected chi connectivity index (χ1v) is 13.1. The van der Waals surface area contributed by atoms with Crippen LogP contribution in [0.5, 0.6) is 5.75 Å². The van der Waals surface area contributed by atoms with Gasteiger partial charge in [0, 0.05) is 17.6 Å². The number of hydrogen-bond donors (Lipinski definition) is 1. The van der Waals surface area contributed by atoms with Crippen LogP contribution in [0.15, 0.2) is 48.5 Å². The zero-order chi connectivity index (χ0) is 25.5. The Kier molecular flexibility index (Phi) is 9.76. The number of methoxy groups -OCH3 is 1. The van der Waals surface area contributed by atoms with Crippen LogP contribution in [0.25, 0.3) is 0 Å². The van der Waals surface area contributed by atoms with Crippen molar-refractivity contribution in [1.29, 1.82) is 0 Å². The second-order valence-electron chi connectivity index (χ2n) is 8.11. The molecule has 2 rings (SSSR count). The van der Waals surface area contributed by atoms with Crippen LogP contribution in [0.3, 0.4) is 0 Å². The highest BCUT2D eigenvalue weighted by molar-refractivity contribution is 7.92. The zero-order valence-electron chi connectivity index (χ0n) is 20.1. The first-order chi connectivity index (χ1) is 16.0. The first-order valence-electron chi connectivity index (χ1n) is 10.9. The number of nitrogens with one attached hydrogen (secondary N) is 1. The van der Waals surface area contributed by atoms with E-state index >= 15 is 0 Å². The van der Waals surface area contributed by atoms with Crippen molar-refractivity contribution in [3.63, 3.8) is 0 Å². The van der Waals surface area contributed by atoms with E-state index < -0.39 is 28.5 Å². The molecule has 2 aromatic rings. The molecule has 0 spiro atoms. The van der Waals surface area contributed by atoms with Crippen LogP contribution >= 0.6 is 11.6 Å². The maximum absolute atomic E-state index is 13.5. The molecular formula is C24H32ClN3O5S. The molecule has 2 atom stereocenters. The number of benzene rings is 2. The van der Waals surface area contributed by atoms with E-state index in [1.165, 1.54) is 17.0 Å². The molecule has 0 aliphatic heterocycles. The summed E-state index contributed by atoms with van der Waals surface area (Å²) in [5.74, 6) is -0.224. The molecule has 2 aromatic carbocycles. The van der Waals surface area contributed by atoms with Gasteiger partial charge >= 0.3 is 0 Å². The summed E-state index contributed by atoms with van der Waals surface area (Å²) in [4.78, 5) is 27.7. The Balaban J connectivity index is 2.39. The molecular weight excluding hydrogens is 478 g/mol. The van der Waals surface area contributed by atoms with Gasteiger partial charge < -0.3 is 15.0 Å². The van der Waals surface area contributed by atoms with E-state index in [0.29, 0.717) is 16.5 Å². The summed E-state index contributed by atoms with van der Waals surface area (Å²) >= 11 is 5.93. The molecule has 10 heteroatoms. The molecule has 0 aliphatic rings. The van der Waals surface area contributed by atoms with Crippen LogP contribution in [-0.2, 0) is 26.2 Å². The molecule has 0 aromatic heterocycles. The van der Waals surface area contributed by atoms with Gasteiger partial charge in [-0.15, -0.1) is 0 Å². The van der Waals surface area contributed by atoms with Gasteiger partial charge in [-0.1, -0.05) is 30.7 Å². The number of sulfonamides is 1. The van der Waals surface area contributed by atoms with Crippen LogP contribution in [0.2, 0.25) is 5.02 Å². The van der Waals surface area contributed by atoms with Crippen LogP contribution in [-0.4, -0.2) is 57.1 Å². The van der Waals surface area contributed by atoms with Crippen molar-refractivity contribution < 1.29 is 22.7 Å². The number of halogens is 1. The quantitative estimate of drug-likeness (QED) is 0.500. The average Bonchev–Trinajstić information content (AvgIpc) is 2.80. The van der Waals surface area contributed by atoms with Gasteiger partial charge in [0.25, 0.3) is 0 Å². The van der Waals surface area contributed by atoms with Crippen LogP contribution < -0.4 is 14.4 Å². The highest BCUT2D eigenvalue weighted by Crippen LogP contribution is 2.22. The Morgan fingerprint density at radius 2 is 1.76 bits per heavy atom. The van der Waals surface area contributed by atoms with Gasteiger partial charge in [0.05, 0.1) is 19.1 Å². The number of ether oxygens (including phenoxy) is 1. The minimum absolute atomic E-state index is 0.0645. The van der Waals surface area contributed by atoms with Crippen molar-refractivity contribution in [2.24, 2.45) is 0 Å². The molecule has 0 radical (unpaired) electrons. The molecule has 8 nitrogen and oxygen atoms in total. The fourth-order valence-corrected chi connectivity index (χ4v) is 4.21. The second kappa shape index (κ2) is 12.1.